The number of amides is 2. The monoisotopic (exact) mass is 511 g/mol. The second-order valence-corrected chi connectivity index (χ2v) is 9.43. The molecule has 1 N–H and O–H groups in total. The van der Waals surface area contributed by atoms with Crippen molar-refractivity contribution in [2.75, 3.05) is 19.0 Å². The Hall–Kier alpha value is -3.36. The molecule has 3 aromatic carbocycles. The van der Waals surface area contributed by atoms with E-state index < -0.39 is 11.1 Å². The third kappa shape index (κ3) is 6.61. The second-order valence-electron chi connectivity index (χ2n) is 7.82. The van der Waals surface area contributed by atoms with Crippen LogP contribution in [0.4, 0.5) is 15.8 Å². The molecule has 1 fully saturated rings. The fourth-order valence-corrected chi connectivity index (χ4v) is 4.82. The average molecular weight is 512 g/mol. The summed E-state index contributed by atoms with van der Waals surface area (Å²) in [5.74, 6) is -0.175. The van der Waals surface area contributed by atoms with Gasteiger partial charge < -0.3 is 10.1 Å². The van der Waals surface area contributed by atoms with Crippen molar-refractivity contribution in [3.05, 3.63) is 89.2 Å². The summed E-state index contributed by atoms with van der Waals surface area (Å²) < 4.78 is 18.4. The number of halogens is 2. The zero-order valence-electron chi connectivity index (χ0n) is 18.9. The van der Waals surface area contributed by atoms with E-state index in [0.29, 0.717) is 34.5 Å². The van der Waals surface area contributed by atoms with E-state index >= 15 is 0 Å². The maximum atomic E-state index is 13.2. The minimum absolute atomic E-state index is 0.0227. The van der Waals surface area contributed by atoms with E-state index in [1.54, 1.807) is 36.3 Å². The molecular formula is C26H23ClFN3O3S. The van der Waals surface area contributed by atoms with Crippen molar-refractivity contribution < 1.29 is 18.7 Å². The molecule has 180 valence electrons. The summed E-state index contributed by atoms with van der Waals surface area (Å²) in [6, 6.07) is 20.1. The number of thioether (sulfide) groups is 1. The highest BCUT2D eigenvalue weighted by Crippen LogP contribution is 2.31. The molecular weight excluding hydrogens is 489 g/mol. The van der Waals surface area contributed by atoms with Crippen molar-refractivity contribution >= 4 is 51.7 Å². The van der Waals surface area contributed by atoms with Crippen LogP contribution >= 0.6 is 23.4 Å². The third-order valence-corrected chi connectivity index (χ3v) is 6.78. The Labute approximate surface area is 212 Å². The predicted octanol–water partition coefficient (Wildman–Crippen LogP) is 5.69. The van der Waals surface area contributed by atoms with E-state index in [4.69, 9.17) is 16.3 Å². The molecule has 0 aromatic heterocycles. The van der Waals surface area contributed by atoms with Crippen LogP contribution in [0, 0.1) is 5.82 Å². The molecule has 3 aromatic rings. The lowest BCUT2D eigenvalue weighted by molar-refractivity contribution is -0.129. The molecule has 9 heteroatoms. The smallest absolute Gasteiger partial charge is 0.238 e. The van der Waals surface area contributed by atoms with Crippen molar-refractivity contribution in [2.24, 2.45) is 4.99 Å². The van der Waals surface area contributed by atoms with Gasteiger partial charge in [-0.05, 0) is 66.6 Å². The number of carbonyl (C=O) groups is 2. The van der Waals surface area contributed by atoms with Gasteiger partial charge in [-0.15, -0.1) is 0 Å². The lowest BCUT2D eigenvalue weighted by Gasteiger charge is -2.32. The quantitative estimate of drug-likeness (QED) is 0.442. The van der Waals surface area contributed by atoms with Crippen molar-refractivity contribution in [1.82, 2.24) is 4.90 Å². The molecule has 6 nitrogen and oxygen atoms in total. The van der Waals surface area contributed by atoms with Gasteiger partial charge in [0, 0.05) is 23.7 Å². The van der Waals surface area contributed by atoms with Crippen LogP contribution in [-0.2, 0) is 16.0 Å². The molecule has 1 heterocycles. The van der Waals surface area contributed by atoms with Gasteiger partial charge in [-0.25, -0.2) is 9.38 Å². The molecule has 0 bridgehead atoms. The van der Waals surface area contributed by atoms with E-state index in [-0.39, 0.29) is 18.2 Å². The van der Waals surface area contributed by atoms with Gasteiger partial charge in [0.05, 0.1) is 12.8 Å². The largest absolute Gasteiger partial charge is 0.497 e. The van der Waals surface area contributed by atoms with Gasteiger partial charge in [0.1, 0.15) is 16.8 Å². The fraction of sp³-hybridized carbons (Fsp3) is 0.192. The molecule has 0 spiro atoms. The van der Waals surface area contributed by atoms with Crippen molar-refractivity contribution in [1.29, 1.82) is 0 Å². The highest BCUT2D eigenvalue weighted by molar-refractivity contribution is 8.15. The summed E-state index contributed by atoms with van der Waals surface area (Å²) in [5.41, 5.74) is 2.09. The number of nitrogens with zero attached hydrogens (tertiary/aromatic N) is 2. The molecule has 35 heavy (non-hydrogen) atoms. The maximum Gasteiger partial charge on any atom is 0.238 e. The molecule has 0 saturated carbocycles. The number of carbonyl (C=O) groups excluding carboxylic acids is 2. The molecule has 4 rings (SSSR count). The number of rotatable bonds is 7. The number of ether oxygens (including phenoxy) is 1. The standard InChI is InChI=1S/C26H23ClFN3O3S/c1-34-22-11-5-17(6-12-22)13-14-31-24(32)16-23(25(33)29-20-9-7-19(28)8-10-20)35-26(31)30-21-4-2-3-18(27)15-21/h2-12,15,23H,13-14,16H2,1H3,(H,29,33). The maximum absolute atomic E-state index is 13.2. The first-order valence-corrected chi connectivity index (χ1v) is 12.2. The number of hydrogen-bond acceptors (Lipinski definition) is 5. The minimum Gasteiger partial charge on any atom is -0.497 e. The van der Waals surface area contributed by atoms with E-state index in [9.17, 15) is 14.0 Å². The Morgan fingerprint density at radius 3 is 2.60 bits per heavy atom. The third-order valence-electron chi connectivity index (χ3n) is 5.36. The van der Waals surface area contributed by atoms with Crippen LogP contribution in [0.1, 0.15) is 12.0 Å². The van der Waals surface area contributed by atoms with Gasteiger partial charge >= 0.3 is 0 Å². The predicted molar refractivity (Wildman–Crippen MR) is 138 cm³/mol. The SMILES string of the molecule is COc1ccc(CCN2C(=O)CC(C(=O)Nc3ccc(F)cc3)SC2=Nc2cccc(Cl)c2)cc1. The second kappa shape index (κ2) is 11.4. The molecule has 2 amide bonds. The highest BCUT2D eigenvalue weighted by atomic mass is 35.5. The molecule has 1 atom stereocenters. The van der Waals surface area contributed by atoms with E-state index in [0.717, 1.165) is 11.3 Å². The van der Waals surface area contributed by atoms with Gasteiger partial charge in [0.25, 0.3) is 0 Å². The topological polar surface area (TPSA) is 71.0 Å². The first kappa shape index (κ1) is 24.8. The lowest BCUT2D eigenvalue weighted by atomic mass is 10.1. The number of aliphatic imine (C=N–C) groups is 1. The summed E-state index contributed by atoms with van der Waals surface area (Å²) >= 11 is 7.34. The average Bonchev–Trinajstić information content (AvgIpc) is 2.85. The van der Waals surface area contributed by atoms with Crippen LogP contribution in [0.5, 0.6) is 5.75 Å². The molecule has 1 aliphatic heterocycles. The Morgan fingerprint density at radius 1 is 1.17 bits per heavy atom. The normalized spacial score (nSPS) is 16.9. The number of methoxy groups -OCH3 is 1. The minimum atomic E-state index is -0.678. The van der Waals surface area contributed by atoms with Crippen molar-refractivity contribution in [3.63, 3.8) is 0 Å². The van der Waals surface area contributed by atoms with Crippen LogP contribution in [0.25, 0.3) is 0 Å². The summed E-state index contributed by atoms with van der Waals surface area (Å²) in [6.07, 6.45) is 0.631. The van der Waals surface area contributed by atoms with E-state index in [2.05, 4.69) is 10.3 Å². The van der Waals surface area contributed by atoms with Crippen LogP contribution in [0.3, 0.4) is 0 Å². The van der Waals surface area contributed by atoms with Gasteiger partial charge in [0.2, 0.25) is 11.8 Å². The van der Waals surface area contributed by atoms with Gasteiger partial charge in [-0.1, -0.05) is 41.6 Å². The lowest BCUT2D eigenvalue weighted by Crippen LogP contribution is -2.46. The Morgan fingerprint density at radius 2 is 1.91 bits per heavy atom. The van der Waals surface area contributed by atoms with Crippen molar-refractivity contribution in [2.45, 2.75) is 18.1 Å². The van der Waals surface area contributed by atoms with Gasteiger partial charge in [0.15, 0.2) is 5.17 Å². The number of nitrogens with one attached hydrogen (secondary N) is 1. The molecule has 0 radical (unpaired) electrons. The first-order chi connectivity index (χ1) is 16.9. The number of anilines is 1. The zero-order valence-corrected chi connectivity index (χ0v) is 20.5. The summed E-state index contributed by atoms with van der Waals surface area (Å²) in [5, 5.41) is 3.02. The highest BCUT2D eigenvalue weighted by Gasteiger charge is 2.35. The number of benzene rings is 3. The van der Waals surface area contributed by atoms with Crippen LogP contribution in [-0.4, -0.2) is 40.8 Å². The first-order valence-electron chi connectivity index (χ1n) is 10.9. The van der Waals surface area contributed by atoms with E-state index in [1.165, 1.54) is 36.0 Å². The van der Waals surface area contributed by atoms with Crippen LogP contribution in [0.15, 0.2) is 77.8 Å². The Balaban J connectivity index is 1.54. The Bertz CT molecular complexity index is 1240. The molecule has 1 aliphatic rings. The van der Waals surface area contributed by atoms with Gasteiger partial charge in [-0.2, -0.15) is 0 Å². The Kier molecular flexibility index (Phi) is 8.05. The fourth-order valence-electron chi connectivity index (χ4n) is 3.51. The molecule has 1 unspecified atom stereocenters. The molecule has 1 saturated heterocycles. The van der Waals surface area contributed by atoms with Crippen LogP contribution < -0.4 is 10.1 Å². The summed E-state index contributed by atoms with van der Waals surface area (Å²) in [7, 11) is 1.61. The van der Waals surface area contributed by atoms with Gasteiger partial charge in [-0.3, -0.25) is 14.5 Å². The number of hydrogen-bond donors (Lipinski definition) is 1. The summed E-state index contributed by atoms with van der Waals surface area (Å²) in [4.78, 5) is 32.3. The zero-order chi connectivity index (χ0) is 24.8. The molecule has 0 aliphatic carbocycles. The van der Waals surface area contributed by atoms with E-state index in [1.807, 2.05) is 24.3 Å². The van der Waals surface area contributed by atoms with Crippen LogP contribution in [0.2, 0.25) is 5.02 Å². The number of amidine groups is 1. The summed E-state index contributed by atoms with van der Waals surface area (Å²) in [6.45, 7) is 0.407. The van der Waals surface area contributed by atoms with Crippen molar-refractivity contribution in [3.8, 4) is 5.75 Å².